The van der Waals surface area contributed by atoms with E-state index in [1.54, 1.807) is 0 Å². The van der Waals surface area contributed by atoms with E-state index in [1.807, 2.05) is 0 Å². The van der Waals surface area contributed by atoms with E-state index in [4.69, 9.17) is 26.9 Å². The summed E-state index contributed by atoms with van der Waals surface area (Å²) in [6.07, 6.45) is 7.43. The first-order valence-electron chi connectivity index (χ1n) is 13.1. The summed E-state index contributed by atoms with van der Waals surface area (Å²) in [5, 5.41) is 7.09. The van der Waals surface area contributed by atoms with Crippen LogP contribution in [0.2, 0.25) is 0 Å². The lowest BCUT2D eigenvalue weighted by atomic mass is 10.2. The Morgan fingerprint density at radius 2 is 1.51 bits per heavy atom. The maximum Gasteiger partial charge on any atom is 0.232 e. The summed E-state index contributed by atoms with van der Waals surface area (Å²) < 4.78 is 5.70. The predicted octanol–water partition coefficient (Wildman–Crippen LogP) is 3.65. The Morgan fingerprint density at radius 3 is 2.17 bits per heavy atom. The molecule has 1 aromatic carbocycles. The summed E-state index contributed by atoms with van der Waals surface area (Å²) in [5.74, 6) is 2.53. The first-order valence-corrected chi connectivity index (χ1v) is 13.5. The number of nitrogens with zero attached hydrogens (tertiary/aromatic N) is 5. The van der Waals surface area contributed by atoms with Crippen molar-refractivity contribution in [3.05, 3.63) is 36.4 Å². The van der Waals surface area contributed by atoms with Crippen LogP contribution in [0.25, 0.3) is 0 Å². The van der Waals surface area contributed by atoms with Gasteiger partial charge in [-0.25, -0.2) is 0 Å². The summed E-state index contributed by atoms with van der Waals surface area (Å²) in [5.41, 5.74) is 1.28. The first kappa shape index (κ1) is 24.1. The highest BCUT2D eigenvalue weighted by atomic mass is 32.1. The summed E-state index contributed by atoms with van der Waals surface area (Å²) in [6, 6.07) is 12.8. The van der Waals surface area contributed by atoms with E-state index in [1.165, 1.54) is 31.4 Å². The van der Waals surface area contributed by atoms with Crippen molar-refractivity contribution < 1.29 is 4.74 Å². The molecule has 1 atom stereocenters. The third-order valence-corrected chi connectivity index (χ3v) is 7.34. The van der Waals surface area contributed by atoms with Crippen LogP contribution in [0.5, 0.6) is 0 Å². The number of para-hydroxylation sites is 1. The van der Waals surface area contributed by atoms with Gasteiger partial charge in [-0.3, -0.25) is 0 Å². The molecule has 1 unspecified atom stereocenters. The van der Waals surface area contributed by atoms with Crippen molar-refractivity contribution in [1.29, 1.82) is 0 Å². The lowest BCUT2D eigenvalue weighted by Gasteiger charge is -2.37. The average molecular weight is 496 g/mol. The van der Waals surface area contributed by atoms with Crippen LogP contribution < -0.4 is 25.3 Å². The minimum atomic E-state index is 0.232. The Bertz CT molecular complexity index is 953. The van der Waals surface area contributed by atoms with Gasteiger partial charge >= 0.3 is 0 Å². The van der Waals surface area contributed by atoms with Crippen molar-refractivity contribution in [1.82, 2.24) is 15.3 Å². The summed E-state index contributed by atoms with van der Waals surface area (Å²) in [7, 11) is 0. The molecule has 8 nitrogen and oxygen atoms in total. The van der Waals surface area contributed by atoms with Gasteiger partial charge in [-0.05, 0) is 50.0 Å². The fourth-order valence-electron chi connectivity index (χ4n) is 5.09. The third-order valence-electron chi connectivity index (χ3n) is 7.09. The van der Waals surface area contributed by atoms with Crippen LogP contribution in [0, 0.1) is 0 Å². The fourth-order valence-corrected chi connectivity index (χ4v) is 5.27. The molecule has 9 heteroatoms. The van der Waals surface area contributed by atoms with E-state index in [0.29, 0.717) is 17.6 Å². The number of aromatic nitrogens is 2. The molecule has 0 saturated carbocycles. The van der Waals surface area contributed by atoms with Crippen molar-refractivity contribution in [2.45, 2.75) is 44.6 Å². The Morgan fingerprint density at radius 1 is 0.857 bits per heavy atom. The normalized spacial score (nSPS) is 21.0. The van der Waals surface area contributed by atoms with Gasteiger partial charge in [0.1, 0.15) is 11.6 Å². The van der Waals surface area contributed by atoms with Crippen LogP contribution >= 0.6 is 12.2 Å². The van der Waals surface area contributed by atoms with Gasteiger partial charge in [-0.1, -0.05) is 31.0 Å². The topological polar surface area (TPSA) is 68.8 Å². The van der Waals surface area contributed by atoms with Gasteiger partial charge in [0.05, 0.1) is 6.10 Å². The maximum atomic E-state index is 5.70. The second kappa shape index (κ2) is 11.9. The van der Waals surface area contributed by atoms with Crippen LogP contribution in [0.1, 0.15) is 38.5 Å². The maximum absolute atomic E-state index is 5.70. The van der Waals surface area contributed by atoms with E-state index in [2.05, 4.69) is 61.7 Å². The molecule has 4 heterocycles. The SMILES string of the molecule is S=C(NCC1CCCO1)Nc1nc(N2CCCCCC2)cc(N2CCN(c3ccccc3)CC2)n1. The molecule has 188 valence electrons. The number of hydrogen-bond donors (Lipinski definition) is 2. The van der Waals surface area contributed by atoms with Crippen molar-refractivity contribution in [3.63, 3.8) is 0 Å². The van der Waals surface area contributed by atoms with Crippen LogP contribution in [0.3, 0.4) is 0 Å². The van der Waals surface area contributed by atoms with E-state index >= 15 is 0 Å². The van der Waals surface area contributed by atoms with E-state index in [9.17, 15) is 0 Å². The summed E-state index contributed by atoms with van der Waals surface area (Å²) in [4.78, 5) is 17.0. The summed E-state index contributed by atoms with van der Waals surface area (Å²) in [6.45, 7) is 7.42. The van der Waals surface area contributed by atoms with E-state index in [0.717, 1.165) is 70.4 Å². The molecule has 1 aromatic heterocycles. The average Bonchev–Trinajstić information content (AvgIpc) is 3.28. The van der Waals surface area contributed by atoms with Gasteiger partial charge in [0, 0.05) is 64.2 Å². The quantitative estimate of drug-likeness (QED) is 0.585. The molecule has 0 bridgehead atoms. The van der Waals surface area contributed by atoms with Crippen LogP contribution in [-0.4, -0.2) is 73.6 Å². The molecular weight excluding hydrogens is 458 g/mol. The van der Waals surface area contributed by atoms with Gasteiger partial charge in [0.2, 0.25) is 5.95 Å². The van der Waals surface area contributed by atoms with Crippen molar-refractivity contribution in [3.8, 4) is 0 Å². The fraction of sp³-hybridized carbons (Fsp3) is 0.577. The number of thiocarbonyl (C=S) groups is 1. The first-order chi connectivity index (χ1) is 17.2. The number of piperazine rings is 1. The highest BCUT2D eigenvalue weighted by Gasteiger charge is 2.22. The van der Waals surface area contributed by atoms with Crippen molar-refractivity contribution in [2.75, 3.05) is 72.4 Å². The number of hydrogen-bond acceptors (Lipinski definition) is 7. The molecule has 0 amide bonds. The van der Waals surface area contributed by atoms with Crippen molar-refractivity contribution in [2.24, 2.45) is 0 Å². The molecule has 0 radical (unpaired) electrons. The number of ether oxygens (including phenoxy) is 1. The molecule has 2 N–H and O–H groups in total. The minimum absolute atomic E-state index is 0.232. The zero-order valence-electron chi connectivity index (χ0n) is 20.5. The Balaban J connectivity index is 1.29. The molecule has 5 rings (SSSR count). The monoisotopic (exact) mass is 495 g/mol. The molecular formula is C26H37N7OS. The van der Waals surface area contributed by atoms with Gasteiger partial charge in [-0.2, -0.15) is 9.97 Å². The van der Waals surface area contributed by atoms with E-state index in [-0.39, 0.29) is 6.10 Å². The molecule has 3 saturated heterocycles. The van der Waals surface area contributed by atoms with Gasteiger partial charge in [0.25, 0.3) is 0 Å². The molecule has 3 aliphatic rings. The van der Waals surface area contributed by atoms with Crippen LogP contribution in [0.4, 0.5) is 23.3 Å². The standard InChI is InChI=1S/C26H37N7OS/c35-26(27-20-22-11-8-18-34-22)30-25-28-23(32-12-6-1-2-7-13-32)19-24(29-25)33-16-14-31(15-17-33)21-9-4-3-5-10-21/h3-5,9-10,19,22H,1-2,6-8,11-18,20H2,(H2,27,28,29,30,35). The lowest BCUT2D eigenvalue weighted by molar-refractivity contribution is 0.114. The zero-order chi connectivity index (χ0) is 23.9. The molecule has 2 aromatic rings. The van der Waals surface area contributed by atoms with Crippen LogP contribution in [0.15, 0.2) is 36.4 Å². The molecule has 3 aliphatic heterocycles. The molecule has 0 aliphatic carbocycles. The highest BCUT2D eigenvalue weighted by Crippen LogP contribution is 2.26. The Hall–Kier alpha value is -2.65. The lowest BCUT2D eigenvalue weighted by Crippen LogP contribution is -2.47. The van der Waals surface area contributed by atoms with Gasteiger partial charge < -0.3 is 30.1 Å². The van der Waals surface area contributed by atoms with Crippen molar-refractivity contribution >= 4 is 40.6 Å². The third kappa shape index (κ3) is 6.52. The predicted molar refractivity (Wildman–Crippen MR) is 147 cm³/mol. The Kier molecular flexibility index (Phi) is 8.15. The molecule has 0 spiro atoms. The van der Waals surface area contributed by atoms with Gasteiger partial charge in [0.15, 0.2) is 5.11 Å². The smallest absolute Gasteiger partial charge is 0.232 e. The number of anilines is 4. The van der Waals surface area contributed by atoms with E-state index < -0.39 is 0 Å². The van der Waals surface area contributed by atoms with Gasteiger partial charge in [-0.15, -0.1) is 0 Å². The molecule has 3 fully saturated rings. The number of nitrogens with one attached hydrogen (secondary N) is 2. The minimum Gasteiger partial charge on any atom is -0.376 e. The highest BCUT2D eigenvalue weighted by molar-refractivity contribution is 7.80. The number of benzene rings is 1. The van der Waals surface area contributed by atoms with Crippen LogP contribution in [-0.2, 0) is 4.74 Å². The molecule has 35 heavy (non-hydrogen) atoms. The zero-order valence-corrected chi connectivity index (χ0v) is 21.3. The summed E-state index contributed by atoms with van der Waals surface area (Å²) >= 11 is 5.57. The second-order valence-electron chi connectivity index (χ2n) is 9.59. The second-order valence-corrected chi connectivity index (χ2v) is 10.00. The largest absolute Gasteiger partial charge is 0.376 e. The number of rotatable bonds is 6. The Labute approximate surface area is 214 Å².